The van der Waals surface area contributed by atoms with E-state index in [-0.39, 0.29) is 0 Å². The third-order valence-corrected chi connectivity index (χ3v) is 4.94. The summed E-state index contributed by atoms with van der Waals surface area (Å²) in [5.74, 6) is 1.28. The molecule has 0 radical (unpaired) electrons. The lowest BCUT2D eigenvalue weighted by molar-refractivity contribution is -0.119. The number of ether oxygens (including phenoxy) is 3. The maximum atomic E-state index is 10.9. The van der Waals surface area contributed by atoms with E-state index in [1.807, 2.05) is 19.1 Å². The van der Waals surface area contributed by atoms with Crippen LogP contribution in [-0.4, -0.2) is 31.5 Å². The molecule has 0 bridgehead atoms. The fourth-order valence-electron chi connectivity index (χ4n) is 3.17. The summed E-state index contributed by atoms with van der Waals surface area (Å²) in [6, 6.07) is 3.69. The Labute approximate surface area is 134 Å². The second kappa shape index (κ2) is 6.99. The Morgan fingerprint density at radius 1 is 1.24 bits per heavy atom. The molecule has 118 valence electrons. The molecule has 1 aliphatic rings. The van der Waals surface area contributed by atoms with Gasteiger partial charge in [-0.2, -0.15) is 0 Å². The SMILES string of the molecule is CCOC1(C(O)c2ccc(OC)c(Br)c2OC)CCCC1. The fourth-order valence-corrected chi connectivity index (χ4v) is 3.86. The van der Waals surface area contributed by atoms with Gasteiger partial charge in [0.15, 0.2) is 0 Å². The molecule has 0 amide bonds. The molecule has 5 heteroatoms. The van der Waals surface area contributed by atoms with Gasteiger partial charge in [0.1, 0.15) is 22.1 Å². The smallest absolute Gasteiger partial charge is 0.142 e. The zero-order valence-corrected chi connectivity index (χ0v) is 14.4. The van der Waals surface area contributed by atoms with Gasteiger partial charge in [-0.25, -0.2) is 0 Å². The van der Waals surface area contributed by atoms with Crippen molar-refractivity contribution in [2.24, 2.45) is 0 Å². The van der Waals surface area contributed by atoms with Crippen LogP contribution in [0, 0.1) is 0 Å². The molecule has 21 heavy (non-hydrogen) atoms. The molecular weight excluding hydrogens is 336 g/mol. The minimum atomic E-state index is -0.711. The summed E-state index contributed by atoms with van der Waals surface area (Å²) >= 11 is 3.48. The number of methoxy groups -OCH3 is 2. The summed E-state index contributed by atoms with van der Waals surface area (Å²) in [6.45, 7) is 2.56. The maximum Gasteiger partial charge on any atom is 0.142 e. The fraction of sp³-hybridized carbons (Fsp3) is 0.625. The first-order valence-electron chi connectivity index (χ1n) is 7.32. The van der Waals surface area contributed by atoms with Gasteiger partial charge in [0.05, 0.1) is 19.8 Å². The van der Waals surface area contributed by atoms with Crippen LogP contribution < -0.4 is 9.47 Å². The van der Waals surface area contributed by atoms with E-state index in [0.717, 1.165) is 31.2 Å². The Balaban J connectivity index is 2.42. The molecular formula is C16H23BrO4. The molecule has 1 N–H and O–H groups in total. The van der Waals surface area contributed by atoms with E-state index < -0.39 is 11.7 Å². The molecule has 1 atom stereocenters. The highest BCUT2D eigenvalue weighted by Crippen LogP contribution is 2.48. The Bertz CT molecular complexity index is 483. The number of rotatable bonds is 6. The molecule has 2 rings (SSSR count). The first-order chi connectivity index (χ1) is 10.1. The van der Waals surface area contributed by atoms with E-state index in [1.54, 1.807) is 14.2 Å². The van der Waals surface area contributed by atoms with Crippen molar-refractivity contribution in [2.75, 3.05) is 20.8 Å². The molecule has 1 aromatic carbocycles. The lowest BCUT2D eigenvalue weighted by atomic mass is 9.88. The van der Waals surface area contributed by atoms with E-state index in [1.165, 1.54) is 0 Å². The van der Waals surface area contributed by atoms with Crippen molar-refractivity contribution in [3.8, 4) is 11.5 Å². The predicted octanol–water partition coefficient (Wildman–Crippen LogP) is 3.85. The van der Waals surface area contributed by atoms with Crippen LogP contribution in [0.1, 0.15) is 44.3 Å². The van der Waals surface area contributed by atoms with Gasteiger partial charge in [0.2, 0.25) is 0 Å². The van der Waals surface area contributed by atoms with Crippen LogP contribution in [0.5, 0.6) is 11.5 Å². The number of benzene rings is 1. The molecule has 1 aromatic rings. The molecule has 0 aliphatic heterocycles. The Morgan fingerprint density at radius 2 is 1.90 bits per heavy atom. The molecule has 1 unspecified atom stereocenters. The minimum absolute atomic E-state index is 0.504. The van der Waals surface area contributed by atoms with Crippen LogP contribution in [0.15, 0.2) is 16.6 Å². The van der Waals surface area contributed by atoms with Gasteiger partial charge in [0, 0.05) is 12.2 Å². The van der Waals surface area contributed by atoms with E-state index in [4.69, 9.17) is 14.2 Å². The summed E-state index contributed by atoms with van der Waals surface area (Å²) in [6.07, 6.45) is 3.19. The van der Waals surface area contributed by atoms with Crippen LogP contribution in [0.25, 0.3) is 0 Å². The number of aliphatic hydroxyl groups excluding tert-OH is 1. The zero-order chi connectivity index (χ0) is 15.5. The Hall–Kier alpha value is -0.780. The highest BCUT2D eigenvalue weighted by atomic mass is 79.9. The van der Waals surface area contributed by atoms with Gasteiger partial charge in [-0.05, 0) is 47.8 Å². The quantitative estimate of drug-likeness (QED) is 0.838. The van der Waals surface area contributed by atoms with Crippen molar-refractivity contribution < 1.29 is 19.3 Å². The second-order valence-electron chi connectivity index (χ2n) is 5.31. The molecule has 0 spiro atoms. The van der Waals surface area contributed by atoms with E-state index in [0.29, 0.717) is 22.6 Å². The lowest BCUT2D eigenvalue weighted by Gasteiger charge is -2.35. The largest absolute Gasteiger partial charge is 0.495 e. The molecule has 1 fully saturated rings. The molecule has 1 aliphatic carbocycles. The first-order valence-corrected chi connectivity index (χ1v) is 8.11. The van der Waals surface area contributed by atoms with E-state index in [9.17, 15) is 5.11 Å². The van der Waals surface area contributed by atoms with Gasteiger partial charge in [-0.3, -0.25) is 0 Å². The number of aliphatic hydroxyl groups is 1. The lowest BCUT2D eigenvalue weighted by Crippen LogP contribution is -2.37. The zero-order valence-electron chi connectivity index (χ0n) is 12.8. The van der Waals surface area contributed by atoms with Crippen LogP contribution in [0.4, 0.5) is 0 Å². The van der Waals surface area contributed by atoms with Crippen molar-refractivity contribution in [1.29, 1.82) is 0 Å². The monoisotopic (exact) mass is 358 g/mol. The van der Waals surface area contributed by atoms with Crippen molar-refractivity contribution in [3.05, 3.63) is 22.2 Å². The summed E-state index contributed by atoms with van der Waals surface area (Å²) in [7, 11) is 3.20. The summed E-state index contributed by atoms with van der Waals surface area (Å²) in [5.41, 5.74) is 0.233. The first kappa shape index (κ1) is 16.6. The Morgan fingerprint density at radius 3 is 2.43 bits per heavy atom. The van der Waals surface area contributed by atoms with E-state index in [2.05, 4.69) is 15.9 Å². The molecule has 0 saturated heterocycles. The van der Waals surface area contributed by atoms with Crippen molar-refractivity contribution in [2.45, 2.75) is 44.3 Å². The van der Waals surface area contributed by atoms with Gasteiger partial charge >= 0.3 is 0 Å². The Kier molecular flexibility index (Phi) is 5.52. The molecule has 0 heterocycles. The summed E-state index contributed by atoms with van der Waals surface area (Å²) in [4.78, 5) is 0. The maximum absolute atomic E-state index is 10.9. The third-order valence-electron chi connectivity index (χ3n) is 4.19. The topological polar surface area (TPSA) is 47.9 Å². The van der Waals surface area contributed by atoms with E-state index >= 15 is 0 Å². The average molecular weight is 359 g/mol. The van der Waals surface area contributed by atoms with Gasteiger partial charge in [0.25, 0.3) is 0 Å². The second-order valence-corrected chi connectivity index (χ2v) is 6.10. The summed E-state index contributed by atoms with van der Waals surface area (Å²) in [5, 5.41) is 10.9. The van der Waals surface area contributed by atoms with Crippen molar-refractivity contribution in [3.63, 3.8) is 0 Å². The molecule has 1 saturated carbocycles. The number of hydrogen-bond donors (Lipinski definition) is 1. The van der Waals surface area contributed by atoms with Gasteiger partial charge in [-0.1, -0.05) is 12.8 Å². The number of halogens is 1. The summed E-state index contributed by atoms with van der Waals surface area (Å²) < 4.78 is 17.4. The minimum Gasteiger partial charge on any atom is -0.495 e. The predicted molar refractivity (Wildman–Crippen MR) is 85.0 cm³/mol. The van der Waals surface area contributed by atoms with Crippen molar-refractivity contribution >= 4 is 15.9 Å². The van der Waals surface area contributed by atoms with Crippen LogP contribution >= 0.6 is 15.9 Å². The number of hydrogen-bond acceptors (Lipinski definition) is 4. The van der Waals surface area contributed by atoms with Gasteiger partial charge < -0.3 is 19.3 Å². The highest BCUT2D eigenvalue weighted by Gasteiger charge is 2.43. The highest BCUT2D eigenvalue weighted by molar-refractivity contribution is 9.10. The third kappa shape index (κ3) is 3.05. The molecule has 4 nitrogen and oxygen atoms in total. The van der Waals surface area contributed by atoms with Crippen LogP contribution in [-0.2, 0) is 4.74 Å². The standard InChI is InChI=1S/C16H23BrO4/c1-4-21-16(9-5-6-10-16)15(18)11-7-8-12(19-2)13(17)14(11)20-3/h7-8,15,18H,4-6,9-10H2,1-3H3. The van der Waals surface area contributed by atoms with Crippen molar-refractivity contribution in [1.82, 2.24) is 0 Å². The average Bonchev–Trinajstić information content (AvgIpc) is 2.96. The van der Waals surface area contributed by atoms with Crippen LogP contribution in [0.2, 0.25) is 0 Å². The van der Waals surface area contributed by atoms with Crippen LogP contribution in [0.3, 0.4) is 0 Å². The van der Waals surface area contributed by atoms with Gasteiger partial charge in [-0.15, -0.1) is 0 Å². The molecule has 0 aromatic heterocycles. The normalized spacial score (nSPS) is 18.5.